The van der Waals surface area contributed by atoms with Gasteiger partial charge in [-0.3, -0.25) is 4.21 Å². The summed E-state index contributed by atoms with van der Waals surface area (Å²) in [7, 11) is -1.41. The molecule has 0 radical (unpaired) electrons. The van der Waals surface area contributed by atoms with E-state index in [-0.39, 0.29) is 11.5 Å². The molecule has 0 N–H and O–H groups in total. The van der Waals surface area contributed by atoms with Gasteiger partial charge >= 0.3 is 12.1 Å². The minimum atomic E-state index is -5.56. The van der Waals surface area contributed by atoms with E-state index in [1.807, 2.05) is 30.3 Å². The minimum absolute atomic E-state index is 0.156. The van der Waals surface area contributed by atoms with Crippen LogP contribution in [0.25, 0.3) is 11.1 Å². The fourth-order valence-electron chi connectivity index (χ4n) is 4.44. The highest BCUT2D eigenvalue weighted by Crippen LogP contribution is 2.39. The second-order valence-corrected chi connectivity index (χ2v) is 12.6. The zero-order valence-corrected chi connectivity index (χ0v) is 25.8. The Morgan fingerprint density at radius 2 is 1.34 bits per heavy atom. The van der Waals surface area contributed by atoms with Crippen LogP contribution in [0, 0.1) is 3.57 Å². The molecule has 0 saturated carbocycles. The first-order valence-corrected chi connectivity index (χ1v) is 16.2. The molecule has 0 amide bonds. The predicted molar refractivity (Wildman–Crippen MR) is 166 cm³/mol. The highest BCUT2D eigenvalue weighted by Gasteiger charge is 2.56. The summed E-state index contributed by atoms with van der Waals surface area (Å²) in [4.78, 5) is 0. The molecule has 0 heterocycles. The number of ether oxygens (including phenoxy) is 1. The van der Waals surface area contributed by atoms with Crippen molar-refractivity contribution in [2.75, 3.05) is 18.1 Å². The van der Waals surface area contributed by atoms with Crippen LogP contribution in [-0.2, 0) is 10.8 Å². The summed E-state index contributed by atoms with van der Waals surface area (Å²) in [6.07, 6.45) is -4.42. The standard InChI is InChI=1S/C32H34F5IO2S/c1-2-29(24-10-5-3-6-11-24)30(25-12-16-27(38)17-13-25)26-14-18-28(19-15-26)40-21-7-4-8-22-41(39)23-9-20-31(33,34)32(35,36)37/h3,5-6,10-19H,2,4,7-9,20-23H2,1H3/b30-29-. The van der Waals surface area contributed by atoms with Crippen LogP contribution >= 0.6 is 22.6 Å². The fraction of sp³-hybridized carbons (Fsp3) is 0.375. The van der Waals surface area contributed by atoms with Crippen molar-refractivity contribution in [3.8, 4) is 5.75 Å². The second-order valence-electron chi connectivity index (χ2n) is 9.67. The van der Waals surface area contributed by atoms with Crippen LogP contribution in [0.2, 0.25) is 0 Å². The first-order valence-electron chi connectivity index (χ1n) is 13.6. The van der Waals surface area contributed by atoms with Gasteiger partial charge in [0.25, 0.3) is 0 Å². The summed E-state index contributed by atoms with van der Waals surface area (Å²) in [6, 6.07) is 26.9. The molecule has 0 fully saturated rings. The smallest absolute Gasteiger partial charge is 0.453 e. The maximum atomic E-state index is 12.9. The fourth-order valence-corrected chi connectivity index (χ4v) is 6.00. The molecule has 222 valence electrons. The summed E-state index contributed by atoms with van der Waals surface area (Å²) in [5.74, 6) is -3.87. The Morgan fingerprint density at radius 3 is 1.93 bits per heavy atom. The number of hydrogen-bond donors (Lipinski definition) is 0. The number of unbranched alkanes of at least 4 members (excludes halogenated alkanes) is 2. The van der Waals surface area contributed by atoms with E-state index in [0.717, 1.165) is 29.7 Å². The molecule has 3 aromatic carbocycles. The highest BCUT2D eigenvalue weighted by molar-refractivity contribution is 14.1. The zero-order valence-electron chi connectivity index (χ0n) is 22.9. The van der Waals surface area contributed by atoms with Gasteiger partial charge in [-0.15, -0.1) is 0 Å². The molecular formula is C32H34F5IO2S. The van der Waals surface area contributed by atoms with E-state index in [1.54, 1.807) is 0 Å². The first kappa shape index (κ1) is 33.2. The number of rotatable bonds is 15. The van der Waals surface area contributed by atoms with Gasteiger partial charge in [-0.05, 0) is 107 Å². The lowest BCUT2D eigenvalue weighted by molar-refractivity contribution is -0.284. The molecule has 9 heteroatoms. The highest BCUT2D eigenvalue weighted by atomic mass is 127. The van der Waals surface area contributed by atoms with Crippen molar-refractivity contribution in [2.45, 2.75) is 57.5 Å². The Morgan fingerprint density at radius 1 is 0.756 bits per heavy atom. The normalized spacial score (nSPS) is 13.5. The third-order valence-electron chi connectivity index (χ3n) is 6.62. The van der Waals surface area contributed by atoms with Crippen molar-refractivity contribution in [2.24, 2.45) is 0 Å². The largest absolute Gasteiger partial charge is 0.494 e. The Kier molecular flexibility index (Phi) is 12.8. The van der Waals surface area contributed by atoms with Crippen molar-refractivity contribution in [3.05, 3.63) is 99.1 Å². The van der Waals surface area contributed by atoms with Crippen molar-refractivity contribution in [1.82, 2.24) is 0 Å². The van der Waals surface area contributed by atoms with Gasteiger partial charge in [0.1, 0.15) is 5.75 Å². The van der Waals surface area contributed by atoms with Crippen molar-refractivity contribution in [1.29, 1.82) is 0 Å². The number of benzene rings is 3. The number of alkyl halides is 5. The molecule has 0 aromatic heterocycles. The first-order chi connectivity index (χ1) is 19.5. The van der Waals surface area contributed by atoms with E-state index in [4.69, 9.17) is 4.74 Å². The summed E-state index contributed by atoms with van der Waals surface area (Å²) >= 11 is 2.30. The number of halogens is 6. The molecule has 1 unspecified atom stereocenters. The monoisotopic (exact) mass is 704 g/mol. The quantitative estimate of drug-likeness (QED) is 0.0682. The predicted octanol–water partition coefficient (Wildman–Crippen LogP) is 9.94. The summed E-state index contributed by atoms with van der Waals surface area (Å²) in [6.45, 7) is 2.63. The molecule has 0 saturated heterocycles. The van der Waals surface area contributed by atoms with Gasteiger partial charge in [0.15, 0.2) is 0 Å². The molecule has 3 rings (SSSR count). The number of hydrogen-bond acceptors (Lipinski definition) is 2. The van der Waals surface area contributed by atoms with E-state index < -0.39 is 35.7 Å². The van der Waals surface area contributed by atoms with Gasteiger partial charge in [-0.25, -0.2) is 0 Å². The third-order valence-corrected chi connectivity index (χ3v) is 8.82. The van der Waals surface area contributed by atoms with Crippen LogP contribution in [0.1, 0.15) is 62.1 Å². The Balaban J connectivity index is 1.52. The summed E-state index contributed by atoms with van der Waals surface area (Å²) < 4.78 is 81.5. The van der Waals surface area contributed by atoms with Crippen LogP contribution in [0.15, 0.2) is 78.9 Å². The minimum Gasteiger partial charge on any atom is -0.494 e. The lowest BCUT2D eigenvalue weighted by Crippen LogP contribution is -2.36. The molecule has 2 nitrogen and oxygen atoms in total. The Bertz CT molecular complexity index is 1270. The maximum Gasteiger partial charge on any atom is 0.453 e. The van der Waals surface area contributed by atoms with Gasteiger partial charge in [0.2, 0.25) is 0 Å². The van der Waals surface area contributed by atoms with Crippen molar-refractivity contribution in [3.63, 3.8) is 0 Å². The topological polar surface area (TPSA) is 26.3 Å². The van der Waals surface area contributed by atoms with E-state index in [9.17, 15) is 26.2 Å². The van der Waals surface area contributed by atoms with Crippen molar-refractivity contribution < 1.29 is 30.9 Å². The molecule has 0 aliphatic carbocycles. The average Bonchev–Trinajstić information content (AvgIpc) is 2.94. The molecule has 0 aliphatic heterocycles. The van der Waals surface area contributed by atoms with Crippen LogP contribution in [-0.4, -0.2) is 34.4 Å². The third kappa shape index (κ3) is 10.2. The van der Waals surface area contributed by atoms with E-state index in [0.29, 0.717) is 19.4 Å². The molecular weight excluding hydrogens is 670 g/mol. The summed E-state index contributed by atoms with van der Waals surface area (Å²) in [5, 5.41) is 0. The lowest BCUT2D eigenvalue weighted by Gasteiger charge is -2.19. The van der Waals surface area contributed by atoms with Gasteiger partial charge in [-0.1, -0.05) is 61.5 Å². The molecule has 1 atom stereocenters. The molecule has 3 aromatic rings. The van der Waals surface area contributed by atoms with Gasteiger partial charge in [0, 0.05) is 32.3 Å². The molecule has 41 heavy (non-hydrogen) atoms. The van der Waals surface area contributed by atoms with Crippen LogP contribution < -0.4 is 4.74 Å². The van der Waals surface area contributed by atoms with Gasteiger partial charge in [0.05, 0.1) is 6.61 Å². The van der Waals surface area contributed by atoms with Crippen LogP contribution in [0.4, 0.5) is 22.0 Å². The zero-order chi connectivity index (χ0) is 29.9. The van der Waals surface area contributed by atoms with E-state index in [2.05, 4.69) is 78.0 Å². The Labute approximate surface area is 255 Å². The van der Waals surface area contributed by atoms with E-state index in [1.165, 1.54) is 20.3 Å². The molecule has 0 bridgehead atoms. The summed E-state index contributed by atoms with van der Waals surface area (Å²) in [5.41, 5.74) is 5.86. The Hall–Kier alpha value is -2.27. The molecule has 0 spiro atoms. The SMILES string of the molecule is CC/C(=C(\c1ccc(I)cc1)c1ccc(OCCCCCS(=O)CCCC(F)(F)C(F)(F)F)cc1)c1ccccc1. The van der Waals surface area contributed by atoms with Crippen LogP contribution in [0.3, 0.4) is 0 Å². The lowest BCUT2D eigenvalue weighted by atomic mass is 9.88. The van der Waals surface area contributed by atoms with Crippen molar-refractivity contribution >= 4 is 44.5 Å². The van der Waals surface area contributed by atoms with E-state index >= 15 is 0 Å². The number of allylic oxidation sites excluding steroid dienone is 1. The second kappa shape index (κ2) is 15.8. The average molecular weight is 705 g/mol. The van der Waals surface area contributed by atoms with Gasteiger partial charge in [-0.2, -0.15) is 22.0 Å². The van der Waals surface area contributed by atoms with Gasteiger partial charge < -0.3 is 4.74 Å². The maximum absolute atomic E-state index is 12.9. The molecule has 0 aliphatic rings. The van der Waals surface area contributed by atoms with Crippen LogP contribution in [0.5, 0.6) is 5.75 Å².